The number of aromatic nitrogens is 1. The summed E-state index contributed by atoms with van der Waals surface area (Å²) in [6.07, 6.45) is 0. The standard InChI is InChI=1S/C17H19N3O2/c1-12-2-4-13(5-3-12)15-7-6-14(16(21)19-15)17(22)20-10-8-18-9-11-20/h2-7,18H,8-11H2,1H3,(H,19,21). The Labute approximate surface area is 129 Å². The van der Waals surface area contributed by atoms with E-state index in [2.05, 4.69) is 10.3 Å². The molecule has 2 N–H and O–H groups in total. The lowest BCUT2D eigenvalue weighted by Crippen LogP contribution is -2.47. The molecule has 1 aromatic heterocycles. The normalized spacial score (nSPS) is 14.9. The zero-order valence-corrected chi connectivity index (χ0v) is 12.6. The minimum Gasteiger partial charge on any atom is -0.336 e. The maximum atomic E-state index is 12.4. The minimum atomic E-state index is -0.332. The van der Waals surface area contributed by atoms with Crippen LogP contribution in [0.2, 0.25) is 0 Å². The van der Waals surface area contributed by atoms with Crippen molar-refractivity contribution in [1.29, 1.82) is 0 Å². The van der Waals surface area contributed by atoms with E-state index in [1.165, 1.54) is 0 Å². The van der Waals surface area contributed by atoms with Crippen LogP contribution >= 0.6 is 0 Å². The molecule has 0 spiro atoms. The SMILES string of the molecule is Cc1ccc(-c2ccc(C(=O)N3CCNCC3)c(=O)[nH]2)cc1. The number of aromatic amines is 1. The largest absolute Gasteiger partial charge is 0.336 e. The lowest BCUT2D eigenvalue weighted by Gasteiger charge is -2.27. The Bertz CT molecular complexity index is 728. The maximum Gasteiger partial charge on any atom is 0.261 e. The lowest BCUT2D eigenvalue weighted by atomic mass is 10.1. The molecule has 5 heteroatoms. The number of carbonyl (C=O) groups is 1. The molecule has 1 saturated heterocycles. The molecule has 0 saturated carbocycles. The summed E-state index contributed by atoms with van der Waals surface area (Å²) in [5.74, 6) is -0.196. The van der Waals surface area contributed by atoms with E-state index in [-0.39, 0.29) is 17.0 Å². The molecule has 1 amide bonds. The second-order valence-corrected chi connectivity index (χ2v) is 5.52. The molecule has 3 rings (SSSR count). The fourth-order valence-electron chi connectivity index (χ4n) is 2.58. The topological polar surface area (TPSA) is 65.2 Å². The Balaban J connectivity index is 1.87. The number of carbonyl (C=O) groups excluding carboxylic acids is 1. The summed E-state index contributed by atoms with van der Waals surface area (Å²) in [5.41, 5.74) is 2.70. The van der Waals surface area contributed by atoms with Gasteiger partial charge in [-0.25, -0.2) is 0 Å². The van der Waals surface area contributed by atoms with Gasteiger partial charge in [-0.2, -0.15) is 0 Å². The van der Waals surface area contributed by atoms with Crippen LogP contribution in [0.4, 0.5) is 0 Å². The van der Waals surface area contributed by atoms with Gasteiger partial charge in [-0.1, -0.05) is 29.8 Å². The Morgan fingerprint density at radius 3 is 2.36 bits per heavy atom. The van der Waals surface area contributed by atoms with Gasteiger partial charge in [0.05, 0.1) is 0 Å². The minimum absolute atomic E-state index is 0.196. The Morgan fingerprint density at radius 1 is 1.05 bits per heavy atom. The van der Waals surface area contributed by atoms with Crippen molar-refractivity contribution < 1.29 is 4.79 Å². The van der Waals surface area contributed by atoms with E-state index in [0.29, 0.717) is 13.1 Å². The number of pyridine rings is 1. The van der Waals surface area contributed by atoms with Crippen LogP contribution < -0.4 is 10.9 Å². The third kappa shape index (κ3) is 2.94. The van der Waals surface area contributed by atoms with Crippen LogP contribution in [-0.4, -0.2) is 42.0 Å². The number of piperazine rings is 1. The average Bonchev–Trinajstić information content (AvgIpc) is 2.56. The first-order valence-electron chi connectivity index (χ1n) is 7.45. The smallest absolute Gasteiger partial charge is 0.261 e. The highest BCUT2D eigenvalue weighted by atomic mass is 16.2. The number of aryl methyl sites for hydroxylation is 1. The highest BCUT2D eigenvalue weighted by Gasteiger charge is 2.20. The summed E-state index contributed by atoms with van der Waals surface area (Å²) >= 11 is 0. The average molecular weight is 297 g/mol. The third-order valence-electron chi connectivity index (χ3n) is 3.91. The van der Waals surface area contributed by atoms with Crippen molar-refractivity contribution in [2.24, 2.45) is 0 Å². The Hall–Kier alpha value is -2.40. The molecular weight excluding hydrogens is 278 g/mol. The number of nitrogens with one attached hydrogen (secondary N) is 2. The molecule has 1 aliphatic rings. The van der Waals surface area contributed by atoms with E-state index >= 15 is 0 Å². The van der Waals surface area contributed by atoms with Crippen molar-refractivity contribution in [2.45, 2.75) is 6.92 Å². The fourth-order valence-corrected chi connectivity index (χ4v) is 2.58. The van der Waals surface area contributed by atoms with E-state index in [4.69, 9.17) is 0 Å². The van der Waals surface area contributed by atoms with Gasteiger partial charge in [0.15, 0.2) is 0 Å². The van der Waals surface area contributed by atoms with E-state index in [1.54, 1.807) is 17.0 Å². The van der Waals surface area contributed by atoms with Crippen molar-refractivity contribution in [1.82, 2.24) is 15.2 Å². The molecule has 1 fully saturated rings. The summed E-state index contributed by atoms with van der Waals surface area (Å²) in [7, 11) is 0. The number of benzene rings is 1. The number of amides is 1. The van der Waals surface area contributed by atoms with E-state index in [1.807, 2.05) is 31.2 Å². The molecule has 22 heavy (non-hydrogen) atoms. The number of rotatable bonds is 2. The summed E-state index contributed by atoms with van der Waals surface area (Å²) in [5, 5.41) is 3.19. The molecule has 1 aromatic carbocycles. The van der Waals surface area contributed by atoms with Crippen LogP contribution in [0.5, 0.6) is 0 Å². The molecule has 0 aliphatic carbocycles. The van der Waals surface area contributed by atoms with E-state index < -0.39 is 0 Å². The van der Waals surface area contributed by atoms with Crippen molar-refractivity contribution in [3.63, 3.8) is 0 Å². The Kier molecular flexibility index (Phi) is 4.06. The Morgan fingerprint density at radius 2 is 1.73 bits per heavy atom. The second-order valence-electron chi connectivity index (χ2n) is 5.52. The summed E-state index contributed by atoms with van der Waals surface area (Å²) < 4.78 is 0. The van der Waals surface area contributed by atoms with E-state index in [0.717, 1.165) is 29.9 Å². The summed E-state index contributed by atoms with van der Waals surface area (Å²) in [4.78, 5) is 29.2. The number of hydrogen-bond donors (Lipinski definition) is 2. The lowest BCUT2D eigenvalue weighted by molar-refractivity contribution is 0.0734. The number of nitrogens with zero attached hydrogens (tertiary/aromatic N) is 1. The molecule has 5 nitrogen and oxygen atoms in total. The molecule has 2 heterocycles. The molecule has 0 bridgehead atoms. The molecule has 2 aromatic rings. The van der Waals surface area contributed by atoms with Crippen molar-refractivity contribution >= 4 is 5.91 Å². The van der Waals surface area contributed by atoms with Gasteiger partial charge in [-0.3, -0.25) is 9.59 Å². The summed E-state index contributed by atoms with van der Waals surface area (Å²) in [6, 6.07) is 11.3. The third-order valence-corrected chi connectivity index (χ3v) is 3.91. The predicted molar refractivity (Wildman–Crippen MR) is 86.0 cm³/mol. The number of hydrogen-bond acceptors (Lipinski definition) is 3. The van der Waals surface area contributed by atoms with Gasteiger partial charge in [0.1, 0.15) is 5.56 Å². The van der Waals surface area contributed by atoms with Gasteiger partial charge < -0.3 is 15.2 Å². The van der Waals surface area contributed by atoms with Gasteiger partial charge in [0.25, 0.3) is 11.5 Å². The molecule has 0 unspecified atom stereocenters. The van der Waals surface area contributed by atoms with Gasteiger partial charge >= 0.3 is 0 Å². The van der Waals surface area contributed by atoms with Crippen LogP contribution in [0, 0.1) is 6.92 Å². The van der Waals surface area contributed by atoms with Crippen LogP contribution in [-0.2, 0) is 0 Å². The van der Waals surface area contributed by atoms with Crippen LogP contribution in [0.15, 0.2) is 41.2 Å². The maximum absolute atomic E-state index is 12.4. The van der Waals surface area contributed by atoms with Gasteiger partial charge in [-0.05, 0) is 24.6 Å². The van der Waals surface area contributed by atoms with E-state index in [9.17, 15) is 9.59 Å². The first-order chi connectivity index (χ1) is 10.6. The quantitative estimate of drug-likeness (QED) is 0.880. The number of H-pyrrole nitrogens is 1. The van der Waals surface area contributed by atoms with Crippen molar-refractivity contribution in [3.05, 3.63) is 57.9 Å². The van der Waals surface area contributed by atoms with Crippen LogP contribution in [0.25, 0.3) is 11.3 Å². The highest BCUT2D eigenvalue weighted by molar-refractivity contribution is 5.94. The first kappa shape index (κ1) is 14.5. The highest BCUT2D eigenvalue weighted by Crippen LogP contribution is 2.16. The van der Waals surface area contributed by atoms with Crippen LogP contribution in [0.1, 0.15) is 15.9 Å². The molecule has 0 atom stereocenters. The molecule has 114 valence electrons. The van der Waals surface area contributed by atoms with Gasteiger partial charge in [0, 0.05) is 31.9 Å². The fraction of sp³-hybridized carbons (Fsp3) is 0.294. The second kappa shape index (κ2) is 6.15. The zero-order chi connectivity index (χ0) is 15.5. The van der Waals surface area contributed by atoms with Crippen molar-refractivity contribution in [3.8, 4) is 11.3 Å². The van der Waals surface area contributed by atoms with Gasteiger partial charge in [0.2, 0.25) is 0 Å². The van der Waals surface area contributed by atoms with Gasteiger partial charge in [-0.15, -0.1) is 0 Å². The van der Waals surface area contributed by atoms with Crippen molar-refractivity contribution in [2.75, 3.05) is 26.2 Å². The zero-order valence-electron chi connectivity index (χ0n) is 12.6. The monoisotopic (exact) mass is 297 g/mol. The predicted octanol–water partition coefficient (Wildman–Crippen LogP) is 1.40. The molecule has 0 radical (unpaired) electrons. The van der Waals surface area contributed by atoms with Crippen LogP contribution in [0.3, 0.4) is 0 Å². The molecular formula is C17H19N3O2. The summed E-state index contributed by atoms with van der Waals surface area (Å²) in [6.45, 7) is 4.83. The molecule has 1 aliphatic heterocycles. The first-order valence-corrected chi connectivity index (χ1v) is 7.45.